The zero-order chi connectivity index (χ0) is 10.7. The molecule has 2 atom stereocenters. The molecule has 2 fully saturated rings. The van der Waals surface area contributed by atoms with E-state index >= 15 is 0 Å². The van der Waals surface area contributed by atoms with Crippen molar-refractivity contribution in [3.8, 4) is 0 Å². The van der Waals surface area contributed by atoms with E-state index in [0.29, 0.717) is 12.0 Å². The average Bonchev–Trinajstić information content (AvgIpc) is 2.98. The fourth-order valence-electron chi connectivity index (χ4n) is 2.42. The molecule has 0 spiro atoms. The van der Waals surface area contributed by atoms with Gasteiger partial charge in [-0.1, -0.05) is 0 Å². The van der Waals surface area contributed by atoms with Gasteiger partial charge in [0.15, 0.2) is 0 Å². The van der Waals surface area contributed by atoms with Gasteiger partial charge in [0.1, 0.15) is 0 Å². The lowest BCUT2D eigenvalue weighted by Gasteiger charge is -2.20. The molecule has 1 aliphatic heterocycles. The normalized spacial score (nSPS) is 30.4. The molecule has 2 N–H and O–H groups in total. The molecule has 1 saturated heterocycles. The first-order chi connectivity index (χ1) is 7.29. The van der Waals surface area contributed by atoms with Gasteiger partial charge in [0.05, 0.1) is 6.61 Å². The van der Waals surface area contributed by atoms with Gasteiger partial charge in [-0.15, -0.1) is 12.4 Å². The quantitative estimate of drug-likeness (QED) is 0.725. The zero-order valence-electron chi connectivity index (χ0n) is 10.2. The van der Waals surface area contributed by atoms with Gasteiger partial charge in [-0.3, -0.25) is 4.90 Å². The summed E-state index contributed by atoms with van der Waals surface area (Å²) in [5, 5.41) is 0. The molecule has 16 heavy (non-hydrogen) atoms. The zero-order valence-corrected chi connectivity index (χ0v) is 11.0. The number of nitrogens with zero attached hydrogens (tertiary/aromatic N) is 1. The summed E-state index contributed by atoms with van der Waals surface area (Å²) in [5.41, 5.74) is 5.70. The minimum absolute atomic E-state index is 0. The Kier molecular flexibility index (Phi) is 6.05. The molecule has 2 unspecified atom stereocenters. The molecule has 0 aromatic rings. The number of ether oxygens (including phenoxy) is 1. The number of hydrogen-bond donors (Lipinski definition) is 1. The molecule has 0 bridgehead atoms. The van der Waals surface area contributed by atoms with Gasteiger partial charge in [-0.05, 0) is 44.6 Å². The van der Waals surface area contributed by atoms with Gasteiger partial charge in [-0.2, -0.15) is 0 Å². The second kappa shape index (κ2) is 6.80. The Morgan fingerprint density at radius 3 is 2.62 bits per heavy atom. The van der Waals surface area contributed by atoms with E-state index in [-0.39, 0.29) is 12.4 Å². The Bertz CT molecular complexity index is 199. The van der Waals surface area contributed by atoms with E-state index in [0.717, 1.165) is 32.2 Å². The summed E-state index contributed by atoms with van der Waals surface area (Å²) in [6.45, 7) is 7.29. The van der Waals surface area contributed by atoms with Gasteiger partial charge < -0.3 is 10.5 Å². The van der Waals surface area contributed by atoms with Crippen LogP contribution in [0.15, 0.2) is 0 Å². The van der Waals surface area contributed by atoms with Gasteiger partial charge in [0, 0.05) is 25.7 Å². The first-order valence-corrected chi connectivity index (χ1v) is 6.31. The van der Waals surface area contributed by atoms with E-state index in [1.807, 2.05) is 0 Å². The molecule has 2 rings (SSSR count). The molecular formula is C12H25ClN2O. The fraction of sp³-hybridized carbons (Fsp3) is 1.00. The highest BCUT2D eigenvalue weighted by Crippen LogP contribution is 2.28. The molecule has 96 valence electrons. The number of halogens is 1. The average molecular weight is 249 g/mol. The minimum atomic E-state index is 0. The van der Waals surface area contributed by atoms with Crippen molar-refractivity contribution in [2.24, 2.45) is 17.6 Å². The Morgan fingerprint density at radius 2 is 2.06 bits per heavy atom. The van der Waals surface area contributed by atoms with Crippen molar-refractivity contribution in [1.82, 2.24) is 4.90 Å². The summed E-state index contributed by atoms with van der Waals surface area (Å²) in [5.74, 6) is 1.60. The summed E-state index contributed by atoms with van der Waals surface area (Å²) >= 11 is 0. The molecule has 1 saturated carbocycles. The smallest absolute Gasteiger partial charge is 0.0593 e. The molecule has 2 aliphatic rings. The predicted octanol–water partition coefficient (Wildman–Crippen LogP) is 1.50. The lowest BCUT2D eigenvalue weighted by Crippen LogP contribution is -2.31. The predicted molar refractivity (Wildman–Crippen MR) is 69.0 cm³/mol. The van der Waals surface area contributed by atoms with Gasteiger partial charge in [0.2, 0.25) is 0 Å². The van der Waals surface area contributed by atoms with E-state index in [1.165, 1.54) is 25.8 Å². The van der Waals surface area contributed by atoms with Crippen LogP contribution in [0, 0.1) is 11.8 Å². The second-order valence-electron chi connectivity index (χ2n) is 5.20. The third-order valence-electron chi connectivity index (χ3n) is 3.70. The van der Waals surface area contributed by atoms with Crippen molar-refractivity contribution >= 4 is 12.4 Å². The van der Waals surface area contributed by atoms with Gasteiger partial charge in [-0.25, -0.2) is 0 Å². The molecule has 0 amide bonds. The third kappa shape index (κ3) is 4.21. The second-order valence-corrected chi connectivity index (χ2v) is 5.20. The van der Waals surface area contributed by atoms with Crippen LogP contribution in [0.2, 0.25) is 0 Å². The van der Waals surface area contributed by atoms with Crippen molar-refractivity contribution in [3.63, 3.8) is 0 Å². The summed E-state index contributed by atoms with van der Waals surface area (Å²) in [6, 6.07) is 0.697. The summed E-state index contributed by atoms with van der Waals surface area (Å²) in [7, 11) is 0. The van der Waals surface area contributed by atoms with E-state index < -0.39 is 0 Å². The number of likely N-dealkylation sites (tertiary alicyclic amines) is 1. The highest BCUT2D eigenvalue weighted by molar-refractivity contribution is 5.85. The van der Waals surface area contributed by atoms with Gasteiger partial charge in [0.25, 0.3) is 0 Å². The summed E-state index contributed by atoms with van der Waals surface area (Å²) in [4.78, 5) is 2.52. The number of nitrogens with two attached hydrogens (primary N) is 1. The van der Waals surface area contributed by atoms with Crippen LogP contribution in [-0.2, 0) is 4.74 Å². The van der Waals surface area contributed by atoms with Gasteiger partial charge >= 0.3 is 0 Å². The Balaban J connectivity index is 0.00000128. The van der Waals surface area contributed by atoms with Crippen molar-refractivity contribution in [3.05, 3.63) is 0 Å². The molecule has 1 heterocycles. The summed E-state index contributed by atoms with van der Waals surface area (Å²) < 4.78 is 5.66. The standard InChI is InChI=1S/C12H24N2O.ClH/c1-10-6-12(7-13)8-14(10)4-5-15-9-11-2-3-11;/h10-12H,2-9,13H2,1H3;1H. The topological polar surface area (TPSA) is 38.5 Å². The van der Waals surface area contributed by atoms with E-state index in [9.17, 15) is 0 Å². The van der Waals surface area contributed by atoms with Crippen LogP contribution in [0.3, 0.4) is 0 Å². The number of rotatable bonds is 6. The summed E-state index contributed by atoms with van der Waals surface area (Å²) in [6.07, 6.45) is 4.03. The Hall–Kier alpha value is 0.170. The van der Waals surface area contributed by atoms with Crippen LogP contribution < -0.4 is 5.73 Å². The highest BCUT2D eigenvalue weighted by atomic mass is 35.5. The van der Waals surface area contributed by atoms with Crippen molar-refractivity contribution in [2.45, 2.75) is 32.2 Å². The Labute approximate surface area is 105 Å². The third-order valence-corrected chi connectivity index (χ3v) is 3.70. The Morgan fingerprint density at radius 1 is 1.31 bits per heavy atom. The van der Waals surface area contributed by atoms with Crippen LogP contribution in [0.5, 0.6) is 0 Å². The maximum atomic E-state index is 5.70. The van der Waals surface area contributed by atoms with Crippen LogP contribution in [0.1, 0.15) is 26.2 Å². The first kappa shape index (κ1) is 14.2. The largest absolute Gasteiger partial charge is 0.380 e. The molecule has 0 radical (unpaired) electrons. The molecule has 4 heteroatoms. The van der Waals surface area contributed by atoms with Crippen LogP contribution >= 0.6 is 12.4 Å². The van der Waals surface area contributed by atoms with E-state index in [1.54, 1.807) is 0 Å². The molecule has 0 aromatic carbocycles. The van der Waals surface area contributed by atoms with Crippen molar-refractivity contribution < 1.29 is 4.74 Å². The molecule has 0 aromatic heterocycles. The minimum Gasteiger partial charge on any atom is -0.380 e. The van der Waals surface area contributed by atoms with Crippen LogP contribution in [0.25, 0.3) is 0 Å². The van der Waals surface area contributed by atoms with E-state index in [2.05, 4.69) is 11.8 Å². The molecule has 1 aliphatic carbocycles. The lowest BCUT2D eigenvalue weighted by molar-refractivity contribution is 0.0937. The SMILES string of the molecule is CC1CC(CN)CN1CCOCC1CC1.Cl. The lowest BCUT2D eigenvalue weighted by atomic mass is 10.1. The number of hydrogen-bond acceptors (Lipinski definition) is 3. The highest BCUT2D eigenvalue weighted by Gasteiger charge is 2.27. The van der Waals surface area contributed by atoms with E-state index in [4.69, 9.17) is 10.5 Å². The van der Waals surface area contributed by atoms with Crippen LogP contribution in [-0.4, -0.2) is 43.8 Å². The van der Waals surface area contributed by atoms with Crippen LogP contribution in [0.4, 0.5) is 0 Å². The molecule has 3 nitrogen and oxygen atoms in total. The van der Waals surface area contributed by atoms with Crippen molar-refractivity contribution in [1.29, 1.82) is 0 Å². The van der Waals surface area contributed by atoms with Crippen molar-refractivity contribution in [2.75, 3.05) is 32.8 Å². The maximum absolute atomic E-state index is 5.70. The monoisotopic (exact) mass is 248 g/mol. The fourth-order valence-corrected chi connectivity index (χ4v) is 2.42. The maximum Gasteiger partial charge on any atom is 0.0593 e. The molecular weight excluding hydrogens is 224 g/mol. The first-order valence-electron chi connectivity index (χ1n) is 6.31.